The predicted molar refractivity (Wildman–Crippen MR) is 67.0 cm³/mol. The Morgan fingerprint density at radius 2 is 1.83 bits per heavy atom. The molecule has 0 aromatic heterocycles. The van der Waals surface area contributed by atoms with Gasteiger partial charge in [0.05, 0.1) is 18.4 Å². The van der Waals surface area contributed by atoms with Crippen molar-refractivity contribution >= 4 is 11.9 Å². The molecule has 0 spiro atoms. The Balaban J connectivity index is 2.69. The molecule has 18 heavy (non-hydrogen) atoms. The highest BCUT2D eigenvalue weighted by atomic mass is 16.4. The van der Waals surface area contributed by atoms with Crippen LogP contribution in [0.1, 0.15) is 33.6 Å². The Morgan fingerprint density at radius 3 is 2.22 bits per heavy atom. The fourth-order valence-corrected chi connectivity index (χ4v) is 2.56. The van der Waals surface area contributed by atoms with Crippen molar-refractivity contribution in [2.45, 2.75) is 33.6 Å². The molecule has 0 unspecified atom stereocenters. The summed E-state index contributed by atoms with van der Waals surface area (Å²) in [5, 5.41) is 18.1. The van der Waals surface area contributed by atoms with E-state index in [0.29, 0.717) is 6.54 Å². The maximum absolute atomic E-state index is 12.3. The molecule has 1 aliphatic rings. The fourth-order valence-electron chi connectivity index (χ4n) is 2.56. The van der Waals surface area contributed by atoms with Crippen LogP contribution in [-0.4, -0.2) is 46.7 Å². The summed E-state index contributed by atoms with van der Waals surface area (Å²) < 4.78 is 0. The largest absolute Gasteiger partial charge is 0.481 e. The van der Waals surface area contributed by atoms with E-state index in [2.05, 4.69) is 0 Å². The van der Waals surface area contributed by atoms with Gasteiger partial charge in [0.1, 0.15) is 0 Å². The summed E-state index contributed by atoms with van der Waals surface area (Å²) in [6.45, 7) is 6.45. The average Bonchev–Trinajstić information content (AvgIpc) is 2.87. The highest BCUT2D eigenvalue weighted by Gasteiger charge is 2.66. The van der Waals surface area contributed by atoms with Gasteiger partial charge in [-0.1, -0.05) is 27.2 Å². The van der Waals surface area contributed by atoms with Crippen molar-refractivity contribution in [3.8, 4) is 0 Å². The summed E-state index contributed by atoms with van der Waals surface area (Å²) in [7, 11) is 0. The van der Waals surface area contributed by atoms with Gasteiger partial charge in [-0.25, -0.2) is 0 Å². The van der Waals surface area contributed by atoms with Crippen LogP contribution >= 0.6 is 0 Å². The predicted octanol–water partition coefficient (Wildman–Crippen LogP) is 0.964. The van der Waals surface area contributed by atoms with Gasteiger partial charge in [-0.05, 0) is 11.8 Å². The van der Waals surface area contributed by atoms with Gasteiger partial charge in [0, 0.05) is 13.1 Å². The highest BCUT2D eigenvalue weighted by Crippen LogP contribution is 2.59. The maximum atomic E-state index is 12.3. The Hall–Kier alpha value is -1.10. The van der Waals surface area contributed by atoms with Crippen LogP contribution < -0.4 is 0 Å². The summed E-state index contributed by atoms with van der Waals surface area (Å²) in [6, 6.07) is 0. The zero-order valence-electron chi connectivity index (χ0n) is 11.3. The Kier molecular flexibility index (Phi) is 4.73. The number of hydrogen-bond donors (Lipinski definition) is 2. The summed E-state index contributed by atoms with van der Waals surface area (Å²) >= 11 is 0. The van der Waals surface area contributed by atoms with E-state index in [1.54, 1.807) is 4.90 Å². The minimum Gasteiger partial charge on any atom is -0.481 e. The molecule has 104 valence electrons. The average molecular weight is 257 g/mol. The fraction of sp³-hybridized carbons (Fsp3) is 0.846. The number of aliphatic carboxylic acids is 1. The SMILES string of the molecule is CCCCN(CCO)C(=O)[C@H]1[C@@H](C(=O)O)C1(C)C. The second kappa shape index (κ2) is 5.69. The van der Waals surface area contributed by atoms with Crippen LogP contribution in [-0.2, 0) is 9.59 Å². The summed E-state index contributed by atoms with van der Waals surface area (Å²) in [5.41, 5.74) is -0.469. The zero-order chi connectivity index (χ0) is 13.9. The van der Waals surface area contributed by atoms with Crippen LogP contribution in [0.3, 0.4) is 0 Å². The molecule has 0 aromatic rings. The number of amides is 1. The first-order chi connectivity index (χ1) is 8.37. The number of aliphatic hydroxyl groups is 1. The molecular weight excluding hydrogens is 234 g/mol. The number of nitrogens with zero attached hydrogens (tertiary/aromatic N) is 1. The molecule has 1 fully saturated rings. The number of carbonyl (C=O) groups excluding carboxylic acids is 1. The van der Waals surface area contributed by atoms with Gasteiger partial charge in [0.2, 0.25) is 5.91 Å². The Bertz CT molecular complexity index is 327. The van der Waals surface area contributed by atoms with Crippen LogP contribution in [0.25, 0.3) is 0 Å². The number of carboxylic acids is 1. The smallest absolute Gasteiger partial charge is 0.307 e. The van der Waals surface area contributed by atoms with Gasteiger partial charge in [0.25, 0.3) is 0 Å². The van der Waals surface area contributed by atoms with Crippen molar-refractivity contribution in [2.75, 3.05) is 19.7 Å². The molecule has 1 saturated carbocycles. The first kappa shape index (κ1) is 15.0. The lowest BCUT2D eigenvalue weighted by Gasteiger charge is -2.22. The molecule has 0 radical (unpaired) electrons. The molecule has 2 atom stereocenters. The maximum Gasteiger partial charge on any atom is 0.307 e. The van der Waals surface area contributed by atoms with Crippen molar-refractivity contribution < 1.29 is 19.8 Å². The minimum atomic E-state index is -0.905. The molecule has 1 amide bonds. The number of rotatable bonds is 7. The lowest BCUT2D eigenvalue weighted by atomic mass is 10.1. The zero-order valence-corrected chi connectivity index (χ0v) is 11.3. The summed E-state index contributed by atoms with van der Waals surface area (Å²) in [5.74, 6) is -2.07. The molecule has 0 heterocycles. The minimum absolute atomic E-state index is 0.0830. The molecule has 0 bridgehead atoms. The monoisotopic (exact) mass is 257 g/mol. The van der Waals surface area contributed by atoms with E-state index in [1.165, 1.54) is 0 Å². The van der Waals surface area contributed by atoms with Crippen molar-refractivity contribution in [2.24, 2.45) is 17.3 Å². The van der Waals surface area contributed by atoms with Crippen molar-refractivity contribution in [3.05, 3.63) is 0 Å². The van der Waals surface area contributed by atoms with Gasteiger partial charge in [-0.2, -0.15) is 0 Å². The Labute approximate surface area is 108 Å². The summed E-state index contributed by atoms with van der Waals surface area (Å²) in [4.78, 5) is 24.9. The van der Waals surface area contributed by atoms with E-state index in [0.717, 1.165) is 12.8 Å². The van der Waals surface area contributed by atoms with Crippen molar-refractivity contribution in [3.63, 3.8) is 0 Å². The first-order valence-corrected chi connectivity index (χ1v) is 6.50. The third-order valence-corrected chi connectivity index (χ3v) is 3.82. The number of carboxylic acid groups (broad SMARTS) is 1. The van der Waals surface area contributed by atoms with E-state index in [4.69, 9.17) is 10.2 Å². The van der Waals surface area contributed by atoms with Crippen LogP contribution in [0.5, 0.6) is 0 Å². The number of hydrogen-bond acceptors (Lipinski definition) is 3. The first-order valence-electron chi connectivity index (χ1n) is 6.50. The van der Waals surface area contributed by atoms with E-state index in [9.17, 15) is 9.59 Å². The molecule has 5 nitrogen and oxygen atoms in total. The molecule has 0 aliphatic heterocycles. The van der Waals surface area contributed by atoms with Gasteiger partial charge in [0.15, 0.2) is 0 Å². The van der Waals surface area contributed by atoms with Gasteiger partial charge in [-0.3, -0.25) is 9.59 Å². The normalized spacial score (nSPS) is 24.7. The van der Waals surface area contributed by atoms with Crippen LogP contribution in [0.15, 0.2) is 0 Å². The van der Waals surface area contributed by atoms with E-state index in [1.807, 2.05) is 20.8 Å². The molecule has 2 N–H and O–H groups in total. The molecule has 0 saturated heterocycles. The van der Waals surface area contributed by atoms with Crippen LogP contribution in [0, 0.1) is 17.3 Å². The summed E-state index contributed by atoms with van der Waals surface area (Å²) in [6.07, 6.45) is 1.84. The van der Waals surface area contributed by atoms with Crippen LogP contribution in [0.4, 0.5) is 0 Å². The van der Waals surface area contributed by atoms with Crippen molar-refractivity contribution in [1.29, 1.82) is 0 Å². The number of carbonyl (C=O) groups is 2. The second-order valence-electron chi connectivity index (χ2n) is 5.52. The Morgan fingerprint density at radius 1 is 1.22 bits per heavy atom. The molecule has 0 aromatic carbocycles. The highest BCUT2D eigenvalue weighted by molar-refractivity contribution is 5.91. The molecular formula is C13H23NO4. The quantitative estimate of drug-likeness (QED) is 0.712. The second-order valence-corrected chi connectivity index (χ2v) is 5.52. The topological polar surface area (TPSA) is 77.8 Å². The third-order valence-electron chi connectivity index (χ3n) is 3.82. The van der Waals surface area contributed by atoms with Gasteiger partial charge >= 0.3 is 5.97 Å². The standard InChI is InChI=1S/C13H23NO4/c1-4-5-6-14(7-8-15)11(16)9-10(12(17)18)13(9,2)3/h9-10,15H,4-8H2,1-3H3,(H,17,18)/t9-,10+/m1/s1. The van der Waals surface area contributed by atoms with Gasteiger partial charge in [-0.15, -0.1) is 0 Å². The number of unbranched alkanes of at least 4 members (excludes halogenated alkanes) is 1. The molecule has 1 aliphatic carbocycles. The molecule has 1 rings (SSSR count). The van der Waals surface area contributed by atoms with Crippen LogP contribution in [0.2, 0.25) is 0 Å². The van der Waals surface area contributed by atoms with Crippen molar-refractivity contribution in [1.82, 2.24) is 4.90 Å². The van der Waals surface area contributed by atoms with Gasteiger partial charge < -0.3 is 15.1 Å². The third kappa shape index (κ3) is 2.83. The lowest BCUT2D eigenvalue weighted by Crippen LogP contribution is -2.36. The molecule has 5 heteroatoms. The van der Waals surface area contributed by atoms with E-state index >= 15 is 0 Å². The number of aliphatic hydroxyl groups excluding tert-OH is 1. The van der Waals surface area contributed by atoms with E-state index in [-0.39, 0.29) is 19.1 Å². The lowest BCUT2D eigenvalue weighted by molar-refractivity contribution is -0.142. The van der Waals surface area contributed by atoms with E-state index < -0.39 is 23.2 Å².